The number of carbonyl (C=O) groups is 2. The topological polar surface area (TPSA) is 86.2 Å². The smallest absolute Gasteiger partial charge is 0.343 e. The lowest BCUT2D eigenvalue weighted by atomic mass is 10.2. The number of esters is 1. The average Bonchev–Trinajstić information content (AvgIpc) is 2.80. The van der Waals surface area contributed by atoms with Gasteiger partial charge in [0.15, 0.2) is 18.1 Å². The molecule has 0 saturated heterocycles. The molecule has 0 unspecified atom stereocenters. The number of rotatable bonds is 9. The number of nitrogens with zero attached hydrogens (tertiary/aromatic N) is 1. The van der Waals surface area contributed by atoms with Crippen molar-refractivity contribution in [2.45, 2.75) is 6.92 Å². The van der Waals surface area contributed by atoms with E-state index in [2.05, 4.69) is 42.4 Å². The number of ether oxygens (including phenoxy) is 3. The Morgan fingerprint density at radius 1 is 0.971 bits per heavy atom. The van der Waals surface area contributed by atoms with Crippen molar-refractivity contribution in [3.05, 3.63) is 85.8 Å². The van der Waals surface area contributed by atoms with Crippen LogP contribution in [0.2, 0.25) is 5.02 Å². The van der Waals surface area contributed by atoms with Crippen molar-refractivity contribution in [2.24, 2.45) is 5.10 Å². The molecule has 34 heavy (non-hydrogen) atoms. The summed E-state index contributed by atoms with van der Waals surface area (Å²) in [5.74, 6) is 0.188. The predicted molar refractivity (Wildman–Crippen MR) is 137 cm³/mol. The summed E-state index contributed by atoms with van der Waals surface area (Å²) in [5.41, 5.74) is 3.43. The first-order valence-corrected chi connectivity index (χ1v) is 12.0. The van der Waals surface area contributed by atoms with Crippen LogP contribution in [0, 0.1) is 0 Å². The van der Waals surface area contributed by atoms with Gasteiger partial charge in [-0.2, -0.15) is 5.10 Å². The normalized spacial score (nSPS) is 10.7. The van der Waals surface area contributed by atoms with Gasteiger partial charge in [-0.25, -0.2) is 10.2 Å². The lowest BCUT2D eigenvalue weighted by molar-refractivity contribution is -0.123. The number of carbonyl (C=O) groups excluding carboxylic acids is 2. The molecule has 0 aliphatic heterocycles. The molecule has 7 nitrogen and oxygen atoms in total. The van der Waals surface area contributed by atoms with Crippen molar-refractivity contribution in [2.75, 3.05) is 13.2 Å². The maximum absolute atomic E-state index is 12.4. The molecule has 1 amide bonds. The second-order valence-corrected chi connectivity index (χ2v) is 8.90. The number of amides is 1. The molecule has 0 heterocycles. The predicted octanol–water partition coefficient (Wildman–Crippen LogP) is 6.01. The van der Waals surface area contributed by atoms with Crippen molar-refractivity contribution >= 4 is 61.6 Å². The summed E-state index contributed by atoms with van der Waals surface area (Å²) in [6.45, 7) is 1.96. The fourth-order valence-electron chi connectivity index (χ4n) is 2.65. The summed E-state index contributed by atoms with van der Waals surface area (Å²) in [4.78, 5) is 24.4. The van der Waals surface area contributed by atoms with Crippen LogP contribution in [0.25, 0.3) is 0 Å². The van der Waals surface area contributed by atoms with E-state index >= 15 is 0 Å². The number of nitrogens with one attached hydrogen (secondary N) is 1. The van der Waals surface area contributed by atoms with Crippen LogP contribution in [-0.2, 0) is 4.79 Å². The fraction of sp³-hybridized carbons (Fsp3) is 0.125. The van der Waals surface area contributed by atoms with Gasteiger partial charge in [0.25, 0.3) is 5.91 Å². The maximum atomic E-state index is 12.4. The standard InChI is InChI=1S/C24H19Br2ClN2O5/c1-2-32-22-11-15(3-9-21(22)34-24(31)16-4-6-17(25)7-5-16)13-28-29-23(30)14-33-20-10-8-18(27)12-19(20)26/h3-13H,2,14H2,1H3,(H,29,30). The Morgan fingerprint density at radius 2 is 1.71 bits per heavy atom. The highest BCUT2D eigenvalue weighted by Gasteiger charge is 2.13. The molecular weight excluding hydrogens is 592 g/mol. The Hall–Kier alpha value is -2.88. The molecule has 10 heteroatoms. The highest BCUT2D eigenvalue weighted by atomic mass is 79.9. The van der Waals surface area contributed by atoms with E-state index in [1.165, 1.54) is 6.21 Å². The fourth-order valence-corrected chi connectivity index (χ4v) is 3.71. The Morgan fingerprint density at radius 3 is 2.41 bits per heavy atom. The minimum atomic E-state index is -0.505. The van der Waals surface area contributed by atoms with E-state index in [9.17, 15) is 9.59 Å². The van der Waals surface area contributed by atoms with E-state index in [1.807, 2.05) is 6.92 Å². The van der Waals surface area contributed by atoms with Crippen molar-refractivity contribution in [3.63, 3.8) is 0 Å². The van der Waals surface area contributed by atoms with E-state index in [0.717, 1.165) is 4.47 Å². The number of benzene rings is 3. The van der Waals surface area contributed by atoms with Gasteiger partial charge in [-0.15, -0.1) is 0 Å². The lowest BCUT2D eigenvalue weighted by Crippen LogP contribution is -2.24. The Balaban J connectivity index is 1.59. The third-order valence-electron chi connectivity index (χ3n) is 4.21. The lowest BCUT2D eigenvalue weighted by Gasteiger charge is -2.11. The average molecular weight is 611 g/mol. The van der Waals surface area contributed by atoms with E-state index in [-0.39, 0.29) is 12.4 Å². The van der Waals surface area contributed by atoms with E-state index in [0.29, 0.717) is 38.7 Å². The molecule has 176 valence electrons. The van der Waals surface area contributed by atoms with Crippen LogP contribution in [0.15, 0.2) is 74.7 Å². The second kappa shape index (κ2) is 12.5. The zero-order chi connectivity index (χ0) is 24.5. The monoisotopic (exact) mass is 608 g/mol. The number of hydrogen-bond acceptors (Lipinski definition) is 6. The highest BCUT2D eigenvalue weighted by molar-refractivity contribution is 9.10. The molecule has 0 atom stereocenters. The molecule has 0 bridgehead atoms. The van der Waals surface area contributed by atoms with Gasteiger partial charge < -0.3 is 14.2 Å². The molecule has 0 spiro atoms. The maximum Gasteiger partial charge on any atom is 0.343 e. The number of hydrazone groups is 1. The SMILES string of the molecule is CCOc1cc(C=NNC(=O)COc2ccc(Cl)cc2Br)ccc1OC(=O)c1ccc(Br)cc1. The van der Waals surface area contributed by atoms with Gasteiger partial charge in [0, 0.05) is 9.50 Å². The molecule has 3 aromatic carbocycles. The summed E-state index contributed by atoms with van der Waals surface area (Å²) in [6, 6.07) is 16.8. The van der Waals surface area contributed by atoms with Crippen LogP contribution in [0.4, 0.5) is 0 Å². The molecule has 3 rings (SSSR count). The summed E-state index contributed by atoms with van der Waals surface area (Å²) >= 11 is 12.5. The molecule has 3 aromatic rings. The zero-order valence-electron chi connectivity index (χ0n) is 17.9. The first-order valence-electron chi connectivity index (χ1n) is 10.00. The van der Waals surface area contributed by atoms with E-state index in [1.54, 1.807) is 60.7 Å². The first-order chi connectivity index (χ1) is 16.4. The van der Waals surface area contributed by atoms with Gasteiger partial charge in [-0.1, -0.05) is 27.5 Å². The summed E-state index contributed by atoms with van der Waals surface area (Å²) in [6.07, 6.45) is 1.44. The van der Waals surface area contributed by atoms with E-state index < -0.39 is 11.9 Å². The third kappa shape index (κ3) is 7.58. The summed E-state index contributed by atoms with van der Waals surface area (Å²) < 4.78 is 18.0. The van der Waals surface area contributed by atoms with Crippen molar-refractivity contribution in [3.8, 4) is 17.2 Å². The van der Waals surface area contributed by atoms with Crippen molar-refractivity contribution < 1.29 is 23.8 Å². The van der Waals surface area contributed by atoms with Crippen LogP contribution < -0.4 is 19.6 Å². The molecule has 0 aliphatic rings. The van der Waals surface area contributed by atoms with Crippen LogP contribution in [-0.4, -0.2) is 31.3 Å². The van der Waals surface area contributed by atoms with Gasteiger partial charge in [0.1, 0.15) is 5.75 Å². The largest absolute Gasteiger partial charge is 0.490 e. The third-order valence-corrected chi connectivity index (χ3v) is 5.59. The minimum absolute atomic E-state index is 0.229. The van der Waals surface area contributed by atoms with Gasteiger partial charge in [0.2, 0.25) is 0 Å². The zero-order valence-corrected chi connectivity index (χ0v) is 21.8. The van der Waals surface area contributed by atoms with Crippen LogP contribution in [0.1, 0.15) is 22.8 Å². The molecular formula is C24H19Br2ClN2O5. The molecule has 0 saturated carbocycles. The molecule has 0 aliphatic carbocycles. The molecule has 0 fully saturated rings. The van der Waals surface area contributed by atoms with E-state index in [4.69, 9.17) is 25.8 Å². The quantitative estimate of drug-likeness (QED) is 0.139. The van der Waals surface area contributed by atoms with Gasteiger partial charge in [-0.3, -0.25) is 4.79 Å². The Labute approximate surface area is 218 Å². The van der Waals surface area contributed by atoms with Crippen LogP contribution in [0.3, 0.4) is 0 Å². The van der Waals surface area contributed by atoms with Crippen LogP contribution in [0.5, 0.6) is 17.2 Å². The van der Waals surface area contributed by atoms with Gasteiger partial charge >= 0.3 is 5.97 Å². The van der Waals surface area contributed by atoms with Gasteiger partial charge in [0.05, 0.1) is 22.9 Å². The first kappa shape index (κ1) is 25.7. The van der Waals surface area contributed by atoms with Gasteiger partial charge in [-0.05, 0) is 89.1 Å². The Bertz CT molecular complexity index is 1200. The molecule has 0 aromatic heterocycles. The highest BCUT2D eigenvalue weighted by Crippen LogP contribution is 2.29. The molecule has 1 N–H and O–H groups in total. The minimum Gasteiger partial charge on any atom is -0.490 e. The number of halogens is 3. The molecule has 0 radical (unpaired) electrons. The summed E-state index contributed by atoms with van der Waals surface area (Å²) in [7, 11) is 0. The summed E-state index contributed by atoms with van der Waals surface area (Å²) in [5, 5.41) is 4.48. The van der Waals surface area contributed by atoms with Crippen molar-refractivity contribution in [1.82, 2.24) is 5.43 Å². The number of hydrogen-bond donors (Lipinski definition) is 1. The van der Waals surface area contributed by atoms with Crippen LogP contribution >= 0.6 is 43.5 Å². The second-order valence-electron chi connectivity index (χ2n) is 6.69. The van der Waals surface area contributed by atoms with Crippen molar-refractivity contribution in [1.29, 1.82) is 0 Å². The Kier molecular flexibility index (Phi) is 9.50.